The van der Waals surface area contributed by atoms with E-state index in [2.05, 4.69) is 6.58 Å². The zero-order valence-electron chi connectivity index (χ0n) is 10.9. The summed E-state index contributed by atoms with van der Waals surface area (Å²) < 4.78 is 4.90. The first-order valence-corrected chi connectivity index (χ1v) is 6.74. The highest BCUT2D eigenvalue weighted by Gasteiger charge is 2.57. The fraction of sp³-hybridized carbons (Fsp3) is 0.714. The van der Waals surface area contributed by atoms with Crippen molar-refractivity contribution < 1.29 is 14.3 Å². The summed E-state index contributed by atoms with van der Waals surface area (Å²) in [7, 11) is 0. The summed E-state index contributed by atoms with van der Waals surface area (Å²) in [6, 6.07) is 0. The third-order valence-electron chi connectivity index (χ3n) is 3.98. The molecule has 0 N–H and O–H groups in total. The first-order chi connectivity index (χ1) is 8.69. The molecule has 0 aliphatic heterocycles. The molecular formula is C14H21NO3. The van der Waals surface area contributed by atoms with Gasteiger partial charge in [-0.25, -0.2) is 0 Å². The molecule has 0 aromatic carbocycles. The minimum Gasteiger partial charge on any atom is -0.465 e. The number of fused-ring (bicyclic) bond motifs is 1. The van der Waals surface area contributed by atoms with Crippen molar-refractivity contribution in [2.45, 2.75) is 26.2 Å². The van der Waals surface area contributed by atoms with Gasteiger partial charge in [-0.2, -0.15) is 0 Å². The summed E-state index contributed by atoms with van der Waals surface area (Å²) in [6.45, 7) is 6.23. The van der Waals surface area contributed by atoms with Gasteiger partial charge in [0.05, 0.1) is 6.61 Å². The van der Waals surface area contributed by atoms with Crippen molar-refractivity contribution in [2.24, 2.45) is 17.8 Å². The number of amides is 1. The Labute approximate surface area is 108 Å². The molecule has 1 amide bonds. The molecule has 2 unspecified atom stereocenters. The van der Waals surface area contributed by atoms with Gasteiger partial charge in [0.15, 0.2) is 0 Å². The van der Waals surface area contributed by atoms with Gasteiger partial charge >= 0.3 is 5.97 Å². The lowest BCUT2D eigenvalue weighted by Crippen LogP contribution is -2.38. The molecule has 0 saturated heterocycles. The van der Waals surface area contributed by atoms with Crippen molar-refractivity contribution in [3.63, 3.8) is 0 Å². The fourth-order valence-electron chi connectivity index (χ4n) is 3.15. The first-order valence-electron chi connectivity index (χ1n) is 6.74. The predicted molar refractivity (Wildman–Crippen MR) is 67.7 cm³/mol. The Kier molecular flexibility index (Phi) is 4.04. The van der Waals surface area contributed by atoms with Gasteiger partial charge in [-0.05, 0) is 31.6 Å². The van der Waals surface area contributed by atoms with Gasteiger partial charge in [0, 0.05) is 12.5 Å². The zero-order valence-corrected chi connectivity index (χ0v) is 10.9. The molecule has 2 atom stereocenters. The van der Waals surface area contributed by atoms with Crippen molar-refractivity contribution >= 4 is 11.9 Å². The molecule has 0 radical (unpaired) electrons. The highest BCUT2D eigenvalue weighted by molar-refractivity contribution is 5.86. The second kappa shape index (κ2) is 5.55. The number of carbonyl (C=O) groups excluding carboxylic acids is 2. The van der Waals surface area contributed by atoms with Crippen LogP contribution in [0.25, 0.3) is 0 Å². The molecule has 100 valence electrons. The van der Waals surface area contributed by atoms with Gasteiger partial charge < -0.3 is 9.64 Å². The van der Waals surface area contributed by atoms with Gasteiger partial charge in [-0.3, -0.25) is 9.59 Å². The maximum atomic E-state index is 12.3. The number of nitrogens with zero attached hydrogens (tertiary/aromatic N) is 1. The smallest absolute Gasteiger partial charge is 0.325 e. The van der Waals surface area contributed by atoms with Gasteiger partial charge in [-0.15, -0.1) is 6.58 Å². The van der Waals surface area contributed by atoms with Crippen molar-refractivity contribution in [1.29, 1.82) is 0 Å². The van der Waals surface area contributed by atoms with Crippen LogP contribution in [0.2, 0.25) is 0 Å². The predicted octanol–water partition coefficient (Wildman–Crippen LogP) is 1.61. The minimum atomic E-state index is -0.335. The van der Waals surface area contributed by atoms with Crippen LogP contribution < -0.4 is 0 Å². The molecule has 18 heavy (non-hydrogen) atoms. The number of rotatable bonds is 6. The summed E-state index contributed by atoms with van der Waals surface area (Å²) in [5.74, 6) is 1.09. The Morgan fingerprint density at radius 1 is 1.39 bits per heavy atom. The fourth-order valence-corrected chi connectivity index (χ4v) is 3.15. The van der Waals surface area contributed by atoms with E-state index in [1.807, 2.05) is 0 Å². The lowest BCUT2D eigenvalue weighted by Gasteiger charge is -2.21. The van der Waals surface area contributed by atoms with Crippen molar-refractivity contribution in [2.75, 3.05) is 19.7 Å². The lowest BCUT2D eigenvalue weighted by molar-refractivity contribution is -0.149. The largest absolute Gasteiger partial charge is 0.465 e. The molecule has 0 aromatic heterocycles. The molecule has 0 spiro atoms. The molecule has 2 fully saturated rings. The van der Waals surface area contributed by atoms with Crippen molar-refractivity contribution in [3.05, 3.63) is 12.7 Å². The molecule has 2 rings (SSSR count). The van der Waals surface area contributed by atoms with Crippen LogP contribution in [0.3, 0.4) is 0 Å². The van der Waals surface area contributed by atoms with E-state index in [9.17, 15) is 9.59 Å². The van der Waals surface area contributed by atoms with E-state index in [1.54, 1.807) is 17.9 Å². The Morgan fingerprint density at radius 3 is 2.61 bits per heavy atom. The first kappa shape index (κ1) is 13.1. The van der Waals surface area contributed by atoms with Crippen LogP contribution in [0.4, 0.5) is 0 Å². The maximum Gasteiger partial charge on any atom is 0.325 e. The average molecular weight is 251 g/mol. The summed E-state index contributed by atoms with van der Waals surface area (Å²) in [5, 5.41) is 0. The van der Waals surface area contributed by atoms with E-state index in [-0.39, 0.29) is 24.3 Å². The monoisotopic (exact) mass is 251 g/mol. The standard InChI is InChI=1S/C14H21NO3/c1-3-8-15(9-12(16)18-4-2)14(17)13-10-6-5-7-11(10)13/h3,10-11,13H,1,4-9H2,2H3. The van der Waals surface area contributed by atoms with Gasteiger partial charge in [0.1, 0.15) is 6.54 Å². The summed E-state index contributed by atoms with van der Waals surface area (Å²) in [6.07, 6.45) is 5.25. The highest BCUT2D eigenvalue weighted by atomic mass is 16.5. The number of hydrogen-bond acceptors (Lipinski definition) is 3. The third-order valence-corrected chi connectivity index (χ3v) is 3.98. The number of esters is 1. The molecule has 0 heterocycles. The van der Waals surface area contributed by atoms with E-state index >= 15 is 0 Å². The van der Waals surface area contributed by atoms with E-state index < -0.39 is 0 Å². The van der Waals surface area contributed by atoms with Crippen LogP contribution in [-0.4, -0.2) is 36.5 Å². The Hall–Kier alpha value is -1.32. The Morgan fingerprint density at radius 2 is 2.06 bits per heavy atom. The van der Waals surface area contributed by atoms with Crippen molar-refractivity contribution in [3.8, 4) is 0 Å². The normalized spacial score (nSPS) is 28.4. The summed E-state index contributed by atoms with van der Waals surface area (Å²) in [4.78, 5) is 25.4. The second-order valence-corrected chi connectivity index (χ2v) is 5.10. The number of hydrogen-bond donors (Lipinski definition) is 0. The molecule has 0 bridgehead atoms. The average Bonchev–Trinajstić information content (AvgIpc) is 2.81. The third kappa shape index (κ3) is 2.57. The van der Waals surface area contributed by atoms with Crippen LogP contribution >= 0.6 is 0 Å². The lowest BCUT2D eigenvalue weighted by atomic mass is 10.1. The number of ether oxygens (including phenoxy) is 1. The summed E-state index contributed by atoms with van der Waals surface area (Å²) >= 11 is 0. The van der Waals surface area contributed by atoms with Gasteiger partial charge in [0.25, 0.3) is 0 Å². The van der Waals surface area contributed by atoms with Crippen LogP contribution in [0.1, 0.15) is 26.2 Å². The molecule has 4 nitrogen and oxygen atoms in total. The number of carbonyl (C=O) groups is 2. The van der Waals surface area contributed by atoms with E-state index in [0.29, 0.717) is 25.0 Å². The molecule has 2 aliphatic carbocycles. The SMILES string of the molecule is C=CCN(CC(=O)OCC)C(=O)C1C2CCCC21. The minimum absolute atomic E-state index is 0.0502. The van der Waals surface area contributed by atoms with Crippen LogP contribution in [-0.2, 0) is 14.3 Å². The van der Waals surface area contributed by atoms with Crippen LogP contribution in [0, 0.1) is 17.8 Å². The molecular weight excluding hydrogens is 230 g/mol. The van der Waals surface area contributed by atoms with Crippen molar-refractivity contribution in [1.82, 2.24) is 4.90 Å². The molecule has 2 saturated carbocycles. The van der Waals surface area contributed by atoms with Gasteiger partial charge in [0.2, 0.25) is 5.91 Å². The Balaban J connectivity index is 1.90. The van der Waals surface area contributed by atoms with Crippen LogP contribution in [0.5, 0.6) is 0 Å². The Bertz CT molecular complexity index is 343. The molecule has 2 aliphatic rings. The van der Waals surface area contributed by atoms with Crippen LogP contribution in [0.15, 0.2) is 12.7 Å². The van der Waals surface area contributed by atoms with E-state index in [4.69, 9.17) is 4.74 Å². The molecule has 4 heteroatoms. The zero-order chi connectivity index (χ0) is 13.1. The summed E-state index contributed by atoms with van der Waals surface area (Å²) in [5.41, 5.74) is 0. The van der Waals surface area contributed by atoms with Gasteiger partial charge in [-0.1, -0.05) is 12.5 Å². The highest BCUT2D eigenvalue weighted by Crippen LogP contribution is 2.58. The second-order valence-electron chi connectivity index (χ2n) is 5.10. The van der Waals surface area contributed by atoms with E-state index in [1.165, 1.54) is 19.3 Å². The quantitative estimate of drug-likeness (QED) is 0.532. The maximum absolute atomic E-state index is 12.3. The topological polar surface area (TPSA) is 46.6 Å². The van der Waals surface area contributed by atoms with E-state index in [0.717, 1.165) is 0 Å². The molecule has 0 aromatic rings.